The number of nitrogens with zero attached hydrogens (tertiary/aromatic N) is 2. The predicted octanol–water partition coefficient (Wildman–Crippen LogP) is 1.85. The van der Waals surface area contributed by atoms with Crippen molar-refractivity contribution >= 4 is 27.7 Å². The molecule has 1 heterocycles. The second-order valence-electron chi connectivity index (χ2n) is 4.12. The lowest BCUT2D eigenvalue weighted by Crippen LogP contribution is -2.32. The number of aliphatic hydroxyl groups excluding tert-OH is 1. The Morgan fingerprint density at radius 1 is 1.50 bits per heavy atom. The molecule has 6 heteroatoms. The molecule has 0 aliphatic heterocycles. The number of halogens is 1. The van der Waals surface area contributed by atoms with Crippen molar-refractivity contribution in [3.05, 3.63) is 10.7 Å². The van der Waals surface area contributed by atoms with Gasteiger partial charge in [-0.1, -0.05) is 0 Å². The highest BCUT2D eigenvalue weighted by Crippen LogP contribution is 2.24. The van der Waals surface area contributed by atoms with Gasteiger partial charge in [0.15, 0.2) is 0 Å². The number of anilines is 2. The first-order valence-corrected chi connectivity index (χ1v) is 5.87. The van der Waals surface area contributed by atoms with Crippen LogP contribution in [0.5, 0.6) is 0 Å². The van der Waals surface area contributed by atoms with E-state index in [4.69, 9.17) is 5.11 Å². The average Bonchev–Trinajstić information content (AvgIpc) is 2.21. The number of hydrogen-bond acceptors (Lipinski definition) is 5. The molecule has 0 aromatic carbocycles. The summed E-state index contributed by atoms with van der Waals surface area (Å²) in [7, 11) is 1.77. The third kappa shape index (κ3) is 3.61. The quantitative estimate of drug-likeness (QED) is 0.772. The van der Waals surface area contributed by atoms with Crippen LogP contribution in [0.15, 0.2) is 10.7 Å². The highest BCUT2D eigenvalue weighted by molar-refractivity contribution is 9.10. The zero-order chi connectivity index (χ0) is 12.2. The maximum atomic E-state index is 8.95. The van der Waals surface area contributed by atoms with Gasteiger partial charge in [0.2, 0.25) is 5.95 Å². The molecule has 3 N–H and O–H groups in total. The van der Waals surface area contributed by atoms with Crippen LogP contribution < -0.4 is 10.6 Å². The molecule has 0 aliphatic rings. The highest BCUT2D eigenvalue weighted by Gasteiger charge is 2.18. The smallest absolute Gasteiger partial charge is 0.224 e. The normalized spacial score (nSPS) is 11.3. The van der Waals surface area contributed by atoms with Gasteiger partial charge in [-0.05, 0) is 36.2 Å². The van der Waals surface area contributed by atoms with Gasteiger partial charge in [-0.2, -0.15) is 4.98 Å². The Kier molecular flexibility index (Phi) is 4.49. The topological polar surface area (TPSA) is 70.1 Å². The average molecular weight is 289 g/mol. The fourth-order valence-electron chi connectivity index (χ4n) is 1.24. The molecule has 1 rings (SSSR count). The van der Waals surface area contributed by atoms with Gasteiger partial charge in [0.05, 0.1) is 4.47 Å². The lowest BCUT2D eigenvalue weighted by Gasteiger charge is -2.26. The summed E-state index contributed by atoms with van der Waals surface area (Å²) in [6.45, 7) is 4.16. The van der Waals surface area contributed by atoms with Crippen molar-refractivity contribution in [3.63, 3.8) is 0 Å². The fraction of sp³-hybridized carbons (Fsp3) is 0.600. The number of nitrogens with one attached hydrogen (secondary N) is 2. The number of rotatable bonds is 5. The van der Waals surface area contributed by atoms with E-state index in [1.54, 1.807) is 13.2 Å². The van der Waals surface area contributed by atoms with Crippen LogP contribution in [0.25, 0.3) is 0 Å². The van der Waals surface area contributed by atoms with Gasteiger partial charge in [0.1, 0.15) is 5.82 Å². The summed E-state index contributed by atoms with van der Waals surface area (Å²) in [5.41, 5.74) is -0.212. The van der Waals surface area contributed by atoms with Gasteiger partial charge in [-0.3, -0.25) is 0 Å². The SMILES string of the molecule is CNc1ncc(Br)c(NC(C)(C)CCO)n1. The summed E-state index contributed by atoms with van der Waals surface area (Å²) in [4.78, 5) is 8.37. The Hall–Kier alpha value is -0.880. The minimum absolute atomic E-state index is 0.140. The van der Waals surface area contributed by atoms with Gasteiger partial charge in [-0.25, -0.2) is 4.98 Å². The summed E-state index contributed by atoms with van der Waals surface area (Å²) in [6, 6.07) is 0. The summed E-state index contributed by atoms with van der Waals surface area (Å²) < 4.78 is 0.803. The molecule has 0 fully saturated rings. The maximum absolute atomic E-state index is 8.95. The second-order valence-corrected chi connectivity index (χ2v) is 4.98. The van der Waals surface area contributed by atoms with E-state index in [1.807, 2.05) is 13.8 Å². The van der Waals surface area contributed by atoms with Gasteiger partial charge in [-0.15, -0.1) is 0 Å². The molecule has 0 amide bonds. The molecule has 0 bridgehead atoms. The van der Waals surface area contributed by atoms with E-state index >= 15 is 0 Å². The Morgan fingerprint density at radius 3 is 2.75 bits per heavy atom. The van der Waals surface area contributed by atoms with Crippen LogP contribution >= 0.6 is 15.9 Å². The minimum atomic E-state index is -0.212. The highest BCUT2D eigenvalue weighted by atomic mass is 79.9. The van der Waals surface area contributed by atoms with Crippen molar-refractivity contribution in [1.82, 2.24) is 9.97 Å². The van der Waals surface area contributed by atoms with Gasteiger partial charge in [0, 0.05) is 25.4 Å². The fourth-order valence-corrected chi connectivity index (χ4v) is 1.53. The van der Waals surface area contributed by atoms with Crippen molar-refractivity contribution in [2.75, 3.05) is 24.3 Å². The van der Waals surface area contributed by atoms with Crippen LogP contribution in [-0.4, -0.2) is 34.3 Å². The summed E-state index contributed by atoms with van der Waals surface area (Å²) in [5.74, 6) is 1.28. The molecule has 0 spiro atoms. The van der Waals surface area contributed by atoms with E-state index in [2.05, 4.69) is 36.5 Å². The van der Waals surface area contributed by atoms with E-state index in [9.17, 15) is 0 Å². The molecule has 0 saturated carbocycles. The Bertz CT molecular complexity index is 357. The van der Waals surface area contributed by atoms with Crippen LogP contribution in [0.2, 0.25) is 0 Å². The van der Waals surface area contributed by atoms with Crippen LogP contribution in [-0.2, 0) is 0 Å². The molecule has 5 nitrogen and oxygen atoms in total. The maximum Gasteiger partial charge on any atom is 0.224 e. The first kappa shape index (κ1) is 13.2. The minimum Gasteiger partial charge on any atom is -0.396 e. The monoisotopic (exact) mass is 288 g/mol. The summed E-state index contributed by atoms with van der Waals surface area (Å²) in [6.07, 6.45) is 2.34. The molecule has 1 aromatic heterocycles. The van der Waals surface area contributed by atoms with Gasteiger partial charge < -0.3 is 15.7 Å². The second kappa shape index (κ2) is 5.45. The third-order valence-electron chi connectivity index (χ3n) is 2.16. The van der Waals surface area contributed by atoms with Gasteiger partial charge >= 0.3 is 0 Å². The number of aliphatic hydroxyl groups is 1. The Morgan fingerprint density at radius 2 is 2.19 bits per heavy atom. The van der Waals surface area contributed by atoms with E-state index < -0.39 is 0 Å². The van der Waals surface area contributed by atoms with Crippen LogP contribution in [0.1, 0.15) is 20.3 Å². The van der Waals surface area contributed by atoms with Crippen molar-refractivity contribution < 1.29 is 5.11 Å². The van der Waals surface area contributed by atoms with E-state index in [-0.39, 0.29) is 12.1 Å². The van der Waals surface area contributed by atoms with Crippen molar-refractivity contribution in [2.45, 2.75) is 25.8 Å². The third-order valence-corrected chi connectivity index (χ3v) is 2.74. The summed E-state index contributed by atoms with van der Waals surface area (Å²) >= 11 is 3.39. The molecule has 90 valence electrons. The molecule has 16 heavy (non-hydrogen) atoms. The zero-order valence-electron chi connectivity index (χ0n) is 9.71. The van der Waals surface area contributed by atoms with E-state index in [1.165, 1.54) is 0 Å². The predicted molar refractivity (Wildman–Crippen MR) is 68.7 cm³/mol. The Labute approximate surface area is 104 Å². The van der Waals surface area contributed by atoms with Crippen molar-refractivity contribution in [1.29, 1.82) is 0 Å². The number of aromatic nitrogens is 2. The standard InChI is InChI=1S/C10H17BrN4O/c1-10(2,4-5-16)15-8-7(11)6-13-9(12-3)14-8/h6,16H,4-5H2,1-3H3,(H2,12,13,14,15). The molecule has 0 saturated heterocycles. The summed E-state index contributed by atoms with van der Waals surface area (Å²) in [5, 5.41) is 15.1. The molecular weight excluding hydrogens is 272 g/mol. The lowest BCUT2D eigenvalue weighted by atomic mass is 10.0. The molecule has 1 aromatic rings. The Balaban J connectivity index is 2.87. The molecule has 0 atom stereocenters. The lowest BCUT2D eigenvalue weighted by molar-refractivity contribution is 0.260. The molecule has 0 radical (unpaired) electrons. The van der Waals surface area contributed by atoms with E-state index in [0.717, 1.165) is 10.3 Å². The van der Waals surface area contributed by atoms with Crippen LogP contribution in [0.4, 0.5) is 11.8 Å². The molecule has 0 aliphatic carbocycles. The van der Waals surface area contributed by atoms with Crippen molar-refractivity contribution in [3.8, 4) is 0 Å². The molecule has 0 unspecified atom stereocenters. The zero-order valence-corrected chi connectivity index (χ0v) is 11.3. The van der Waals surface area contributed by atoms with Crippen LogP contribution in [0, 0.1) is 0 Å². The van der Waals surface area contributed by atoms with Gasteiger partial charge in [0.25, 0.3) is 0 Å². The number of hydrogen-bond donors (Lipinski definition) is 3. The van der Waals surface area contributed by atoms with Crippen LogP contribution in [0.3, 0.4) is 0 Å². The largest absolute Gasteiger partial charge is 0.396 e. The first-order chi connectivity index (χ1) is 7.48. The van der Waals surface area contributed by atoms with Crippen molar-refractivity contribution in [2.24, 2.45) is 0 Å². The molecular formula is C10H17BrN4O. The first-order valence-electron chi connectivity index (χ1n) is 5.08. The van der Waals surface area contributed by atoms with E-state index in [0.29, 0.717) is 12.4 Å².